The average molecular weight is 264 g/mol. The smallest absolute Gasteiger partial charge is 0.337 e. The van der Waals surface area contributed by atoms with Crippen LogP contribution in [0.1, 0.15) is 23.2 Å². The van der Waals surface area contributed by atoms with E-state index in [0.29, 0.717) is 30.9 Å². The van der Waals surface area contributed by atoms with Gasteiger partial charge in [-0.05, 0) is 31.0 Å². The Hall–Kier alpha value is -2.24. The van der Waals surface area contributed by atoms with Gasteiger partial charge in [-0.1, -0.05) is 0 Å². The van der Waals surface area contributed by atoms with Gasteiger partial charge in [-0.15, -0.1) is 0 Å². The molecule has 1 heterocycles. The number of aliphatic carboxylic acids is 1. The van der Waals surface area contributed by atoms with Crippen LogP contribution in [0, 0.1) is 5.92 Å². The molecule has 1 fully saturated rings. The first-order valence-electron chi connectivity index (χ1n) is 6.09. The number of anilines is 2. The zero-order valence-electron chi connectivity index (χ0n) is 10.4. The van der Waals surface area contributed by atoms with Crippen LogP contribution in [0.3, 0.4) is 0 Å². The summed E-state index contributed by atoms with van der Waals surface area (Å²) in [4.78, 5) is 24.1. The lowest BCUT2D eigenvalue weighted by Gasteiger charge is -2.33. The summed E-state index contributed by atoms with van der Waals surface area (Å²) in [5.41, 5.74) is 6.63. The lowest BCUT2D eigenvalue weighted by Crippen LogP contribution is -2.39. The summed E-state index contributed by atoms with van der Waals surface area (Å²) in [6, 6.07) is 4.68. The van der Waals surface area contributed by atoms with Crippen LogP contribution in [0.15, 0.2) is 18.2 Å². The molecule has 0 radical (unpaired) electrons. The highest BCUT2D eigenvalue weighted by Crippen LogP contribution is 2.28. The van der Waals surface area contributed by atoms with Gasteiger partial charge in [0.2, 0.25) is 0 Å². The molecule has 0 saturated carbocycles. The van der Waals surface area contributed by atoms with Crippen molar-refractivity contribution < 1.29 is 19.8 Å². The summed E-state index contributed by atoms with van der Waals surface area (Å²) >= 11 is 0. The number of nitrogens with zero attached hydrogens (tertiary/aromatic N) is 1. The molecule has 19 heavy (non-hydrogen) atoms. The highest BCUT2D eigenvalue weighted by molar-refractivity contribution is 5.95. The minimum Gasteiger partial charge on any atom is -0.481 e. The van der Waals surface area contributed by atoms with Gasteiger partial charge in [0, 0.05) is 18.8 Å². The predicted octanol–water partition coefficient (Wildman–Crippen LogP) is 1.27. The topological polar surface area (TPSA) is 104 Å². The fourth-order valence-corrected chi connectivity index (χ4v) is 2.40. The number of hydrogen-bond donors (Lipinski definition) is 3. The molecule has 0 unspecified atom stereocenters. The first kappa shape index (κ1) is 13.2. The Morgan fingerprint density at radius 1 is 1.32 bits per heavy atom. The highest BCUT2D eigenvalue weighted by atomic mass is 16.4. The van der Waals surface area contributed by atoms with Crippen molar-refractivity contribution in [1.82, 2.24) is 0 Å². The van der Waals surface area contributed by atoms with E-state index in [2.05, 4.69) is 0 Å². The van der Waals surface area contributed by atoms with Crippen LogP contribution >= 0.6 is 0 Å². The largest absolute Gasteiger partial charge is 0.481 e. The molecule has 1 aromatic rings. The Labute approximate surface area is 110 Å². The molecule has 1 aliphatic heterocycles. The number of aromatic carboxylic acids is 1. The van der Waals surface area contributed by atoms with Crippen molar-refractivity contribution in [1.29, 1.82) is 0 Å². The zero-order valence-corrected chi connectivity index (χ0v) is 10.4. The summed E-state index contributed by atoms with van der Waals surface area (Å²) < 4.78 is 0. The van der Waals surface area contributed by atoms with Crippen molar-refractivity contribution in [2.24, 2.45) is 5.92 Å². The van der Waals surface area contributed by atoms with E-state index >= 15 is 0 Å². The van der Waals surface area contributed by atoms with Crippen molar-refractivity contribution in [3.63, 3.8) is 0 Å². The molecule has 1 aromatic carbocycles. The number of nitrogens with two attached hydrogens (primary N) is 1. The number of carboxylic acids is 2. The Bertz CT molecular complexity index is 515. The number of benzene rings is 1. The van der Waals surface area contributed by atoms with Crippen molar-refractivity contribution in [2.45, 2.75) is 12.8 Å². The van der Waals surface area contributed by atoms with Crippen LogP contribution in [0.4, 0.5) is 11.4 Å². The third-order valence-electron chi connectivity index (χ3n) is 3.36. The van der Waals surface area contributed by atoms with Crippen LogP contribution in [0.25, 0.3) is 0 Å². The molecule has 1 aliphatic rings. The molecule has 102 valence electrons. The minimum atomic E-state index is -1.06. The second kappa shape index (κ2) is 5.17. The molecule has 0 aliphatic carbocycles. The summed E-state index contributed by atoms with van der Waals surface area (Å²) in [6.07, 6.45) is 1.36. The standard InChI is InChI=1S/C13H16N2O4/c14-9-3-4-11(10(6-9)13(18)19)15-5-1-2-8(7-15)12(16)17/h3-4,6,8H,1-2,5,7,14H2,(H,16,17)(H,18,19)/t8-/m0/s1. The van der Waals surface area contributed by atoms with E-state index in [1.807, 2.05) is 4.90 Å². The molecule has 6 heteroatoms. The number of piperidine rings is 1. The second-order valence-corrected chi connectivity index (χ2v) is 4.71. The molecule has 0 amide bonds. The third kappa shape index (κ3) is 2.78. The van der Waals surface area contributed by atoms with Crippen LogP contribution in [-0.2, 0) is 4.79 Å². The van der Waals surface area contributed by atoms with Gasteiger partial charge in [0.15, 0.2) is 0 Å². The van der Waals surface area contributed by atoms with Crippen molar-refractivity contribution in [3.8, 4) is 0 Å². The first-order valence-corrected chi connectivity index (χ1v) is 6.09. The van der Waals surface area contributed by atoms with Gasteiger partial charge in [0.25, 0.3) is 0 Å². The number of nitrogen functional groups attached to an aromatic ring is 1. The normalized spacial score (nSPS) is 19.2. The van der Waals surface area contributed by atoms with Gasteiger partial charge >= 0.3 is 11.9 Å². The quantitative estimate of drug-likeness (QED) is 0.710. The molecule has 0 bridgehead atoms. The molecule has 0 aromatic heterocycles. The number of hydrogen-bond acceptors (Lipinski definition) is 4. The fraction of sp³-hybridized carbons (Fsp3) is 0.385. The maximum Gasteiger partial charge on any atom is 0.337 e. The molecule has 1 saturated heterocycles. The third-order valence-corrected chi connectivity index (χ3v) is 3.36. The lowest BCUT2D eigenvalue weighted by atomic mass is 9.97. The molecule has 2 rings (SSSR count). The van der Waals surface area contributed by atoms with E-state index in [1.165, 1.54) is 6.07 Å². The number of rotatable bonds is 3. The van der Waals surface area contributed by atoms with Crippen LogP contribution in [0.5, 0.6) is 0 Å². The number of carbonyl (C=O) groups is 2. The minimum absolute atomic E-state index is 0.117. The Morgan fingerprint density at radius 3 is 2.68 bits per heavy atom. The molecular formula is C13H16N2O4. The van der Waals surface area contributed by atoms with Gasteiger partial charge in [-0.3, -0.25) is 4.79 Å². The highest BCUT2D eigenvalue weighted by Gasteiger charge is 2.27. The van der Waals surface area contributed by atoms with Crippen molar-refractivity contribution in [3.05, 3.63) is 23.8 Å². The summed E-state index contributed by atoms with van der Waals surface area (Å²) in [5, 5.41) is 18.3. The molecule has 0 spiro atoms. The Balaban J connectivity index is 2.30. The maximum absolute atomic E-state index is 11.2. The van der Waals surface area contributed by atoms with Crippen molar-refractivity contribution >= 4 is 23.3 Å². The average Bonchev–Trinajstić information content (AvgIpc) is 2.38. The summed E-state index contributed by atoms with van der Waals surface area (Å²) in [6.45, 7) is 0.994. The molecule has 4 N–H and O–H groups in total. The van der Waals surface area contributed by atoms with Gasteiger partial charge in [-0.2, -0.15) is 0 Å². The van der Waals surface area contributed by atoms with Crippen molar-refractivity contribution in [2.75, 3.05) is 23.7 Å². The number of carboxylic acid groups (broad SMARTS) is 2. The van der Waals surface area contributed by atoms with Gasteiger partial charge in [0.1, 0.15) is 0 Å². The molecular weight excluding hydrogens is 248 g/mol. The van der Waals surface area contributed by atoms with E-state index in [4.69, 9.17) is 10.8 Å². The summed E-state index contributed by atoms with van der Waals surface area (Å²) in [5.74, 6) is -2.34. The van der Waals surface area contributed by atoms with E-state index in [0.717, 1.165) is 6.42 Å². The Kier molecular flexibility index (Phi) is 3.59. The Morgan fingerprint density at radius 2 is 2.05 bits per heavy atom. The lowest BCUT2D eigenvalue weighted by molar-refractivity contribution is -0.141. The second-order valence-electron chi connectivity index (χ2n) is 4.71. The van der Waals surface area contributed by atoms with E-state index < -0.39 is 17.9 Å². The van der Waals surface area contributed by atoms with E-state index in [9.17, 15) is 14.7 Å². The van der Waals surface area contributed by atoms with E-state index in [1.54, 1.807) is 12.1 Å². The monoisotopic (exact) mass is 264 g/mol. The van der Waals surface area contributed by atoms with Crippen LogP contribution < -0.4 is 10.6 Å². The van der Waals surface area contributed by atoms with Gasteiger partial charge < -0.3 is 20.8 Å². The predicted molar refractivity (Wildman–Crippen MR) is 70.4 cm³/mol. The van der Waals surface area contributed by atoms with Crippen LogP contribution in [0.2, 0.25) is 0 Å². The SMILES string of the molecule is Nc1ccc(N2CCC[C@H](C(=O)O)C2)c(C(=O)O)c1. The van der Waals surface area contributed by atoms with E-state index in [-0.39, 0.29) is 5.56 Å². The molecule has 1 atom stereocenters. The molecule has 6 nitrogen and oxygen atoms in total. The fourth-order valence-electron chi connectivity index (χ4n) is 2.40. The van der Waals surface area contributed by atoms with Crippen LogP contribution in [-0.4, -0.2) is 35.2 Å². The van der Waals surface area contributed by atoms with Gasteiger partial charge in [-0.25, -0.2) is 4.79 Å². The summed E-state index contributed by atoms with van der Waals surface area (Å²) in [7, 11) is 0. The zero-order chi connectivity index (χ0) is 14.0. The van der Waals surface area contributed by atoms with Gasteiger partial charge in [0.05, 0.1) is 17.2 Å². The first-order chi connectivity index (χ1) is 8.99. The maximum atomic E-state index is 11.2.